The fraction of sp³-hybridized carbons (Fsp3) is 0.462. The van der Waals surface area contributed by atoms with Gasteiger partial charge in [-0.2, -0.15) is 0 Å². The van der Waals surface area contributed by atoms with Gasteiger partial charge in [0.25, 0.3) is 5.90 Å². The van der Waals surface area contributed by atoms with E-state index in [-0.39, 0.29) is 0 Å². The first kappa shape index (κ1) is 13.4. The molecule has 4 nitrogen and oxygen atoms in total. The quantitative estimate of drug-likeness (QED) is 0.330. The molecular weight excluding hydrogens is 218 g/mol. The van der Waals surface area contributed by atoms with Crippen molar-refractivity contribution >= 4 is 5.90 Å². The highest BCUT2D eigenvalue weighted by Gasteiger charge is 2.04. The van der Waals surface area contributed by atoms with Crippen molar-refractivity contribution in [3.63, 3.8) is 0 Å². The Kier molecular flexibility index (Phi) is 5.93. The van der Waals surface area contributed by atoms with Crippen molar-refractivity contribution in [2.75, 3.05) is 20.8 Å². The second-order valence-electron chi connectivity index (χ2n) is 3.51. The van der Waals surface area contributed by atoms with Gasteiger partial charge in [0.1, 0.15) is 12.9 Å². The van der Waals surface area contributed by atoms with E-state index >= 15 is 0 Å². The topological polar surface area (TPSA) is 40.0 Å². The van der Waals surface area contributed by atoms with Crippen LogP contribution in [0.2, 0.25) is 0 Å². The number of ether oxygens (including phenoxy) is 2. The summed E-state index contributed by atoms with van der Waals surface area (Å²) in [5, 5.41) is 3.77. The van der Waals surface area contributed by atoms with E-state index in [1.54, 1.807) is 7.11 Å². The maximum Gasteiger partial charge on any atom is 0.257 e. The van der Waals surface area contributed by atoms with Crippen LogP contribution >= 0.6 is 0 Å². The van der Waals surface area contributed by atoms with Crippen LogP contribution in [0.1, 0.15) is 25.3 Å². The molecule has 0 aromatic heterocycles. The van der Waals surface area contributed by atoms with E-state index < -0.39 is 0 Å². The Morgan fingerprint density at radius 2 is 1.88 bits per heavy atom. The normalized spacial score (nSPS) is 11.1. The van der Waals surface area contributed by atoms with Gasteiger partial charge in [0.05, 0.1) is 13.7 Å². The molecule has 0 saturated carbocycles. The summed E-state index contributed by atoms with van der Waals surface area (Å²) >= 11 is 0. The molecule has 1 rings (SSSR count). The number of benzene rings is 1. The third-order valence-electron chi connectivity index (χ3n) is 2.24. The number of unbranched alkanes of at least 4 members (excludes halogenated alkanes) is 1. The molecule has 94 valence electrons. The molecule has 0 aliphatic heterocycles. The highest BCUT2D eigenvalue weighted by Crippen LogP contribution is 2.13. The third-order valence-corrected chi connectivity index (χ3v) is 2.24. The molecule has 0 heterocycles. The Morgan fingerprint density at radius 1 is 1.18 bits per heavy atom. The SMILES string of the molecule is CCCCOc1ccc(/C(=N\OC)OC)cc1. The number of hydrogen-bond donors (Lipinski definition) is 0. The largest absolute Gasteiger partial charge is 0.494 e. The second kappa shape index (κ2) is 7.54. The first-order valence-electron chi connectivity index (χ1n) is 5.70. The van der Waals surface area contributed by atoms with E-state index in [0.29, 0.717) is 5.90 Å². The molecule has 0 radical (unpaired) electrons. The summed E-state index contributed by atoms with van der Waals surface area (Å²) in [4.78, 5) is 4.69. The average molecular weight is 237 g/mol. The summed E-state index contributed by atoms with van der Waals surface area (Å²) in [5.74, 6) is 1.31. The summed E-state index contributed by atoms with van der Waals surface area (Å²) in [6.45, 7) is 2.89. The first-order chi connectivity index (χ1) is 8.31. The van der Waals surface area contributed by atoms with Gasteiger partial charge in [0, 0.05) is 5.56 Å². The standard InChI is InChI=1S/C13H19NO3/c1-4-5-10-17-12-8-6-11(7-9-12)13(15-2)14-16-3/h6-9H,4-5,10H2,1-3H3/b14-13+. The van der Waals surface area contributed by atoms with Gasteiger partial charge >= 0.3 is 0 Å². The molecule has 1 aromatic rings. The minimum absolute atomic E-state index is 0.451. The summed E-state index contributed by atoms with van der Waals surface area (Å²) in [5.41, 5.74) is 0.859. The van der Waals surface area contributed by atoms with Gasteiger partial charge in [-0.05, 0) is 35.8 Å². The van der Waals surface area contributed by atoms with Gasteiger partial charge in [0.2, 0.25) is 0 Å². The van der Waals surface area contributed by atoms with E-state index in [1.807, 2.05) is 24.3 Å². The minimum Gasteiger partial charge on any atom is -0.494 e. The lowest BCUT2D eigenvalue weighted by Gasteiger charge is -2.07. The van der Waals surface area contributed by atoms with Crippen LogP contribution in [0.15, 0.2) is 29.4 Å². The van der Waals surface area contributed by atoms with Crippen molar-refractivity contribution in [3.05, 3.63) is 29.8 Å². The zero-order chi connectivity index (χ0) is 12.5. The van der Waals surface area contributed by atoms with Crippen LogP contribution < -0.4 is 4.74 Å². The van der Waals surface area contributed by atoms with Crippen LogP contribution in [0.3, 0.4) is 0 Å². The third kappa shape index (κ3) is 4.34. The van der Waals surface area contributed by atoms with E-state index in [2.05, 4.69) is 12.1 Å². The molecule has 17 heavy (non-hydrogen) atoms. The maximum absolute atomic E-state index is 5.56. The fourth-order valence-corrected chi connectivity index (χ4v) is 1.32. The summed E-state index contributed by atoms with van der Waals surface area (Å²) < 4.78 is 10.7. The number of oxime groups is 1. The monoisotopic (exact) mass is 237 g/mol. The van der Waals surface area contributed by atoms with Crippen LogP contribution in [-0.4, -0.2) is 26.7 Å². The highest BCUT2D eigenvalue weighted by molar-refractivity contribution is 5.93. The molecular formula is C13H19NO3. The van der Waals surface area contributed by atoms with Crippen molar-refractivity contribution in [1.29, 1.82) is 0 Å². The first-order valence-corrected chi connectivity index (χ1v) is 5.70. The molecule has 0 unspecified atom stereocenters. The Hall–Kier alpha value is -1.71. The predicted octanol–water partition coefficient (Wildman–Crippen LogP) is 2.82. The van der Waals surface area contributed by atoms with Gasteiger partial charge in [-0.3, -0.25) is 0 Å². The van der Waals surface area contributed by atoms with Gasteiger partial charge in [-0.1, -0.05) is 13.3 Å². The minimum atomic E-state index is 0.451. The Morgan fingerprint density at radius 3 is 2.41 bits per heavy atom. The highest BCUT2D eigenvalue weighted by atomic mass is 16.6. The summed E-state index contributed by atoms with van der Waals surface area (Å²) in [7, 11) is 3.05. The van der Waals surface area contributed by atoms with E-state index in [4.69, 9.17) is 14.3 Å². The number of nitrogens with zero attached hydrogens (tertiary/aromatic N) is 1. The summed E-state index contributed by atoms with van der Waals surface area (Å²) in [6.07, 6.45) is 2.20. The molecule has 4 heteroatoms. The van der Waals surface area contributed by atoms with Crippen molar-refractivity contribution in [2.45, 2.75) is 19.8 Å². The van der Waals surface area contributed by atoms with Crippen molar-refractivity contribution < 1.29 is 14.3 Å². The maximum atomic E-state index is 5.56. The predicted molar refractivity (Wildman–Crippen MR) is 67.4 cm³/mol. The lowest BCUT2D eigenvalue weighted by molar-refractivity contribution is 0.200. The van der Waals surface area contributed by atoms with Crippen LogP contribution in [0.4, 0.5) is 0 Å². The molecule has 0 aliphatic carbocycles. The average Bonchev–Trinajstić information content (AvgIpc) is 2.37. The molecule has 0 bridgehead atoms. The van der Waals surface area contributed by atoms with Crippen LogP contribution in [-0.2, 0) is 9.57 Å². The lowest BCUT2D eigenvalue weighted by Crippen LogP contribution is -2.04. The van der Waals surface area contributed by atoms with Gasteiger partial charge < -0.3 is 14.3 Å². The van der Waals surface area contributed by atoms with Crippen molar-refractivity contribution in [2.24, 2.45) is 5.16 Å². The molecule has 0 amide bonds. The number of rotatable bonds is 6. The Bertz CT molecular complexity index is 346. The van der Waals surface area contributed by atoms with Crippen LogP contribution in [0.25, 0.3) is 0 Å². The van der Waals surface area contributed by atoms with Crippen molar-refractivity contribution in [3.8, 4) is 5.75 Å². The number of methoxy groups -OCH3 is 1. The smallest absolute Gasteiger partial charge is 0.257 e. The second-order valence-corrected chi connectivity index (χ2v) is 3.51. The Labute approximate surface area is 102 Å². The van der Waals surface area contributed by atoms with E-state index in [9.17, 15) is 0 Å². The van der Waals surface area contributed by atoms with E-state index in [1.165, 1.54) is 7.11 Å². The molecule has 0 fully saturated rings. The zero-order valence-electron chi connectivity index (χ0n) is 10.6. The molecule has 0 aliphatic rings. The van der Waals surface area contributed by atoms with Crippen molar-refractivity contribution in [1.82, 2.24) is 0 Å². The van der Waals surface area contributed by atoms with Crippen LogP contribution in [0, 0.1) is 0 Å². The summed E-state index contributed by atoms with van der Waals surface area (Å²) in [6, 6.07) is 7.58. The molecule has 0 saturated heterocycles. The molecule has 0 N–H and O–H groups in total. The van der Waals surface area contributed by atoms with Crippen LogP contribution in [0.5, 0.6) is 5.75 Å². The Balaban J connectivity index is 2.63. The lowest BCUT2D eigenvalue weighted by atomic mass is 10.2. The molecule has 1 aromatic carbocycles. The van der Waals surface area contributed by atoms with Gasteiger partial charge in [-0.15, -0.1) is 0 Å². The fourth-order valence-electron chi connectivity index (χ4n) is 1.32. The molecule has 0 atom stereocenters. The zero-order valence-corrected chi connectivity index (χ0v) is 10.6. The van der Waals surface area contributed by atoms with Gasteiger partial charge in [0.15, 0.2) is 0 Å². The van der Waals surface area contributed by atoms with Gasteiger partial charge in [-0.25, -0.2) is 0 Å². The van der Waals surface area contributed by atoms with E-state index in [0.717, 1.165) is 30.8 Å². The molecule has 0 spiro atoms. The number of hydrogen-bond acceptors (Lipinski definition) is 4.